The van der Waals surface area contributed by atoms with E-state index >= 15 is 0 Å². The molecule has 0 saturated carbocycles. The van der Waals surface area contributed by atoms with Crippen LogP contribution in [0.1, 0.15) is 16.7 Å². The van der Waals surface area contributed by atoms with Crippen molar-refractivity contribution in [3.63, 3.8) is 0 Å². The monoisotopic (exact) mass is 325 g/mol. The summed E-state index contributed by atoms with van der Waals surface area (Å²) in [5.74, 6) is -1.10. The minimum absolute atomic E-state index is 0.314. The third kappa shape index (κ3) is 3.32. The van der Waals surface area contributed by atoms with Gasteiger partial charge in [0, 0.05) is 22.6 Å². The number of nitrogens with one attached hydrogen (secondary N) is 1. The molecule has 1 nitrogen and oxygen atoms in total. The summed E-state index contributed by atoms with van der Waals surface area (Å²) < 4.78 is 27.3. The maximum absolute atomic E-state index is 13.5. The fourth-order valence-corrected chi connectivity index (χ4v) is 2.80. The highest BCUT2D eigenvalue weighted by Gasteiger charge is 2.07. The van der Waals surface area contributed by atoms with Gasteiger partial charge in [0.1, 0.15) is 11.6 Å². The minimum Gasteiger partial charge on any atom is -0.380 e. The van der Waals surface area contributed by atoms with Crippen molar-refractivity contribution in [3.8, 4) is 0 Å². The van der Waals surface area contributed by atoms with E-state index in [2.05, 4.69) is 21.2 Å². The Morgan fingerprint density at radius 1 is 1.11 bits per heavy atom. The zero-order valence-corrected chi connectivity index (χ0v) is 12.3. The SMILES string of the molecule is Cc1cc(C)c(NCc2ccc(F)cc2F)c(Br)c1. The van der Waals surface area contributed by atoms with Crippen LogP contribution in [0.15, 0.2) is 34.8 Å². The highest BCUT2D eigenvalue weighted by atomic mass is 79.9. The summed E-state index contributed by atoms with van der Waals surface area (Å²) in [6, 6.07) is 7.66. The van der Waals surface area contributed by atoms with Crippen molar-refractivity contribution in [2.24, 2.45) is 0 Å². The maximum Gasteiger partial charge on any atom is 0.131 e. The van der Waals surface area contributed by atoms with Gasteiger partial charge in [0.15, 0.2) is 0 Å². The lowest BCUT2D eigenvalue weighted by atomic mass is 10.1. The maximum atomic E-state index is 13.5. The van der Waals surface area contributed by atoms with Crippen LogP contribution in [-0.2, 0) is 6.54 Å². The first kappa shape index (κ1) is 14.0. The molecular formula is C15H14BrF2N. The van der Waals surface area contributed by atoms with Crippen molar-refractivity contribution in [3.05, 3.63) is 63.1 Å². The van der Waals surface area contributed by atoms with E-state index in [-0.39, 0.29) is 0 Å². The minimum atomic E-state index is -0.561. The predicted molar refractivity (Wildman–Crippen MR) is 77.3 cm³/mol. The molecule has 0 amide bonds. The molecule has 0 aliphatic heterocycles. The quantitative estimate of drug-likeness (QED) is 0.841. The van der Waals surface area contributed by atoms with E-state index in [0.717, 1.165) is 27.4 Å². The lowest BCUT2D eigenvalue weighted by molar-refractivity contribution is 0.574. The number of hydrogen-bond acceptors (Lipinski definition) is 1. The van der Waals surface area contributed by atoms with Gasteiger partial charge in [-0.3, -0.25) is 0 Å². The normalized spacial score (nSPS) is 10.6. The Labute approximate surface area is 119 Å². The van der Waals surface area contributed by atoms with Gasteiger partial charge in [-0.1, -0.05) is 12.1 Å². The summed E-state index contributed by atoms with van der Waals surface area (Å²) in [7, 11) is 0. The van der Waals surface area contributed by atoms with Gasteiger partial charge in [0.25, 0.3) is 0 Å². The number of hydrogen-bond donors (Lipinski definition) is 1. The smallest absolute Gasteiger partial charge is 0.131 e. The van der Waals surface area contributed by atoms with E-state index in [0.29, 0.717) is 12.1 Å². The Balaban J connectivity index is 2.19. The Morgan fingerprint density at radius 3 is 2.47 bits per heavy atom. The number of aryl methyl sites for hydroxylation is 2. The van der Waals surface area contributed by atoms with E-state index in [1.165, 1.54) is 12.1 Å². The lowest BCUT2D eigenvalue weighted by Crippen LogP contribution is -2.04. The number of halogens is 3. The van der Waals surface area contributed by atoms with Crippen LogP contribution in [0.2, 0.25) is 0 Å². The van der Waals surface area contributed by atoms with Gasteiger partial charge in [0.2, 0.25) is 0 Å². The molecule has 1 N–H and O–H groups in total. The molecule has 0 heterocycles. The van der Waals surface area contributed by atoms with E-state index in [9.17, 15) is 8.78 Å². The number of rotatable bonds is 3. The van der Waals surface area contributed by atoms with Crippen LogP contribution >= 0.6 is 15.9 Å². The molecule has 2 aromatic rings. The van der Waals surface area contributed by atoms with Crippen LogP contribution < -0.4 is 5.32 Å². The largest absolute Gasteiger partial charge is 0.380 e. The van der Waals surface area contributed by atoms with Crippen LogP contribution in [0, 0.1) is 25.5 Å². The molecule has 0 unspecified atom stereocenters. The number of benzene rings is 2. The first-order valence-corrected chi connectivity index (χ1v) is 6.71. The van der Waals surface area contributed by atoms with E-state index < -0.39 is 11.6 Å². The zero-order valence-electron chi connectivity index (χ0n) is 10.7. The third-order valence-electron chi connectivity index (χ3n) is 2.90. The van der Waals surface area contributed by atoms with Gasteiger partial charge in [-0.25, -0.2) is 8.78 Å². The van der Waals surface area contributed by atoms with Crippen molar-refractivity contribution in [2.75, 3.05) is 5.32 Å². The summed E-state index contributed by atoms with van der Waals surface area (Å²) in [6.45, 7) is 4.32. The summed E-state index contributed by atoms with van der Waals surface area (Å²) in [4.78, 5) is 0. The summed E-state index contributed by atoms with van der Waals surface area (Å²) in [5, 5.41) is 3.18. The van der Waals surface area contributed by atoms with Crippen LogP contribution in [0.3, 0.4) is 0 Å². The molecule has 2 rings (SSSR count). The predicted octanol–water partition coefficient (Wildman–Crippen LogP) is 4.96. The Kier molecular flexibility index (Phi) is 4.20. The topological polar surface area (TPSA) is 12.0 Å². The van der Waals surface area contributed by atoms with Crippen molar-refractivity contribution < 1.29 is 8.78 Å². The highest BCUT2D eigenvalue weighted by Crippen LogP contribution is 2.28. The van der Waals surface area contributed by atoms with Crippen molar-refractivity contribution in [1.29, 1.82) is 0 Å². The second-order valence-corrected chi connectivity index (χ2v) is 5.38. The Bertz CT molecular complexity index is 588. The fraction of sp³-hybridized carbons (Fsp3) is 0.200. The molecule has 4 heteroatoms. The van der Waals surface area contributed by atoms with Gasteiger partial charge >= 0.3 is 0 Å². The van der Waals surface area contributed by atoms with Gasteiger partial charge in [-0.05, 0) is 53.0 Å². The molecule has 0 aliphatic rings. The Hall–Kier alpha value is -1.42. The van der Waals surface area contributed by atoms with E-state index in [1.807, 2.05) is 26.0 Å². The summed E-state index contributed by atoms with van der Waals surface area (Å²) in [6.07, 6.45) is 0. The standard InChI is InChI=1S/C15H14BrF2N/c1-9-5-10(2)15(13(16)6-9)19-8-11-3-4-12(17)7-14(11)18/h3-7,19H,8H2,1-2H3. The van der Waals surface area contributed by atoms with Crippen molar-refractivity contribution in [2.45, 2.75) is 20.4 Å². The van der Waals surface area contributed by atoms with E-state index in [1.54, 1.807) is 0 Å². The van der Waals surface area contributed by atoms with Crippen molar-refractivity contribution >= 4 is 21.6 Å². The summed E-state index contributed by atoms with van der Waals surface area (Å²) >= 11 is 3.49. The van der Waals surface area contributed by atoms with Crippen LogP contribution in [0.4, 0.5) is 14.5 Å². The molecule has 0 saturated heterocycles. The van der Waals surface area contributed by atoms with Crippen LogP contribution in [0.5, 0.6) is 0 Å². The van der Waals surface area contributed by atoms with E-state index in [4.69, 9.17) is 0 Å². The van der Waals surface area contributed by atoms with Gasteiger partial charge in [0.05, 0.1) is 5.69 Å². The average molecular weight is 326 g/mol. The molecule has 0 bridgehead atoms. The highest BCUT2D eigenvalue weighted by molar-refractivity contribution is 9.10. The Morgan fingerprint density at radius 2 is 1.84 bits per heavy atom. The molecular weight excluding hydrogens is 312 g/mol. The zero-order chi connectivity index (χ0) is 14.0. The first-order chi connectivity index (χ1) is 8.97. The number of anilines is 1. The fourth-order valence-electron chi connectivity index (χ4n) is 1.99. The van der Waals surface area contributed by atoms with Gasteiger partial charge < -0.3 is 5.32 Å². The van der Waals surface area contributed by atoms with Crippen LogP contribution in [-0.4, -0.2) is 0 Å². The molecule has 0 spiro atoms. The van der Waals surface area contributed by atoms with Crippen molar-refractivity contribution in [1.82, 2.24) is 0 Å². The van der Waals surface area contributed by atoms with Gasteiger partial charge in [-0.15, -0.1) is 0 Å². The molecule has 0 aromatic heterocycles. The molecule has 100 valence electrons. The average Bonchev–Trinajstić information content (AvgIpc) is 2.30. The third-order valence-corrected chi connectivity index (χ3v) is 3.53. The second-order valence-electron chi connectivity index (χ2n) is 4.53. The molecule has 0 fully saturated rings. The molecule has 19 heavy (non-hydrogen) atoms. The molecule has 0 aliphatic carbocycles. The van der Waals surface area contributed by atoms with Gasteiger partial charge in [-0.2, -0.15) is 0 Å². The first-order valence-electron chi connectivity index (χ1n) is 5.92. The van der Waals surface area contributed by atoms with Crippen LogP contribution in [0.25, 0.3) is 0 Å². The molecule has 0 radical (unpaired) electrons. The summed E-state index contributed by atoms with van der Waals surface area (Å²) in [5.41, 5.74) is 3.60. The molecule has 0 atom stereocenters. The lowest BCUT2D eigenvalue weighted by Gasteiger charge is -2.13. The second kappa shape index (κ2) is 5.70. The molecule has 2 aromatic carbocycles.